The van der Waals surface area contributed by atoms with Gasteiger partial charge in [-0.05, 0) is 13.8 Å². The van der Waals surface area contributed by atoms with E-state index in [1.54, 1.807) is 0 Å². The van der Waals surface area contributed by atoms with Crippen molar-refractivity contribution in [1.29, 1.82) is 0 Å². The molecule has 14 heavy (non-hydrogen) atoms. The van der Waals surface area contributed by atoms with E-state index in [-0.39, 0.29) is 15.2 Å². The number of ether oxygens (including phenoxy) is 1. The van der Waals surface area contributed by atoms with Gasteiger partial charge in [-0.3, -0.25) is 0 Å². The Balaban J connectivity index is 2.99. The highest BCUT2D eigenvalue weighted by atomic mass is 35.5. The molecule has 0 aliphatic rings. The average Bonchev–Trinajstić information content (AvgIpc) is 2.27. The van der Waals surface area contributed by atoms with Gasteiger partial charge in [-0.25, -0.2) is 9.78 Å². The summed E-state index contributed by atoms with van der Waals surface area (Å²) in [4.78, 5) is 14.2. The van der Waals surface area contributed by atoms with Crippen LogP contribution in [0.25, 0.3) is 0 Å². The van der Waals surface area contributed by atoms with Crippen LogP contribution in [0.15, 0.2) is 0 Å². The molecule has 0 saturated carbocycles. The van der Waals surface area contributed by atoms with Gasteiger partial charge in [-0.2, -0.15) is 0 Å². The summed E-state index contributed by atoms with van der Waals surface area (Å²) >= 11 is 6.72. The molecule has 1 amide bonds. The van der Waals surface area contributed by atoms with Crippen LogP contribution in [-0.2, 0) is 5.60 Å². The van der Waals surface area contributed by atoms with E-state index in [0.29, 0.717) is 0 Å². The molecule has 3 N–H and O–H groups in total. The van der Waals surface area contributed by atoms with E-state index in [9.17, 15) is 9.90 Å². The van der Waals surface area contributed by atoms with Gasteiger partial charge in [-0.15, -0.1) is 0 Å². The van der Waals surface area contributed by atoms with Crippen molar-refractivity contribution in [3.05, 3.63) is 10.0 Å². The number of carbonyl (C=O) groups excluding carboxylic acids is 1. The molecule has 0 bridgehead atoms. The van der Waals surface area contributed by atoms with Crippen molar-refractivity contribution in [3.63, 3.8) is 0 Å². The fraction of sp³-hybridized carbons (Fsp3) is 0.429. The summed E-state index contributed by atoms with van der Waals surface area (Å²) in [6, 6.07) is 0. The number of halogens is 1. The van der Waals surface area contributed by atoms with Gasteiger partial charge in [0.2, 0.25) is 0 Å². The molecule has 5 nitrogen and oxygen atoms in total. The number of primary amides is 1. The second-order valence-corrected chi connectivity index (χ2v) is 4.65. The number of aliphatic hydroxyl groups is 1. The van der Waals surface area contributed by atoms with Crippen LogP contribution in [0, 0.1) is 0 Å². The van der Waals surface area contributed by atoms with Crippen LogP contribution < -0.4 is 10.5 Å². The fourth-order valence-electron chi connectivity index (χ4n) is 0.790. The summed E-state index contributed by atoms with van der Waals surface area (Å²) in [6.45, 7) is 3.06. The molecule has 7 heteroatoms. The van der Waals surface area contributed by atoms with Crippen molar-refractivity contribution in [2.24, 2.45) is 5.73 Å². The normalized spacial score (nSPS) is 11.4. The van der Waals surface area contributed by atoms with Crippen molar-refractivity contribution >= 4 is 29.0 Å². The van der Waals surface area contributed by atoms with Gasteiger partial charge in [0.05, 0.1) is 0 Å². The monoisotopic (exact) mass is 236 g/mol. The van der Waals surface area contributed by atoms with Crippen LogP contribution in [0.5, 0.6) is 5.19 Å². The van der Waals surface area contributed by atoms with Gasteiger partial charge in [-0.1, -0.05) is 22.9 Å². The molecule has 1 heterocycles. The van der Waals surface area contributed by atoms with E-state index in [0.717, 1.165) is 11.3 Å². The van der Waals surface area contributed by atoms with E-state index in [1.165, 1.54) is 13.8 Å². The largest absolute Gasteiger partial charge is 0.411 e. The van der Waals surface area contributed by atoms with Crippen LogP contribution >= 0.6 is 22.9 Å². The maximum atomic E-state index is 10.4. The Bertz CT molecular complexity index is 358. The molecule has 1 aromatic rings. The van der Waals surface area contributed by atoms with E-state index in [4.69, 9.17) is 17.3 Å². The average molecular weight is 237 g/mol. The Morgan fingerprint density at radius 1 is 1.71 bits per heavy atom. The minimum absolute atomic E-state index is 0.0274. The molecule has 0 spiro atoms. The van der Waals surface area contributed by atoms with Gasteiger partial charge in [0.1, 0.15) is 15.6 Å². The van der Waals surface area contributed by atoms with Crippen LogP contribution in [0.1, 0.15) is 19.5 Å². The predicted octanol–water partition coefficient (Wildman–Crippen LogP) is 1.48. The highest BCUT2D eigenvalue weighted by molar-refractivity contribution is 7.17. The number of hydrogen-bond donors (Lipinski definition) is 2. The van der Waals surface area contributed by atoms with Crippen LogP contribution in [0.4, 0.5) is 4.79 Å². The SMILES string of the molecule is CC(C)(O)c1nc(OC(N)=O)sc1Cl. The highest BCUT2D eigenvalue weighted by Gasteiger charge is 2.25. The van der Waals surface area contributed by atoms with Gasteiger partial charge < -0.3 is 15.6 Å². The standard InChI is InChI=1S/C7H9ClN2O3S/c1-7(2,12)3-4(8)14-6(10-3)13-5(9)11/h12H,1-2H3,(H2,9,11). The third-order valence-corrected chi connectivity index (χ3v) is 2.47. The number of rotatable bonds is 2. The number of nitrogens with two attached hydrogens (primary N) is 1. The maximum Gasteiger partial charge on any atom is 0.411 e. The zero-order valence-electron chi connectivity index (χ0n) is 7.57. The lowest BCUT2D eigenvalue weighted by Crippen LogP contribution is -2.18. The van der Waals surface area contributed by atoms with Crippen molar-refractivity contribution in [2.45, 2.75) is 19.4 Å². The molecule has 0 unspecified atom stereocenters. The highest BCUT2D eigenvalue weighted by Crippen LogP contribution is 2.35. The molecule has 0 aromatic carbocycles. The number of nitrogens with zero attached hydrogens (tertiary/aromatic N) is 1. The van der Waals surface area contributed by atoms with E-state index < -0.39 is 11.7 Å². The Hall–Kier alpha value is -0.850. The number of carbonyl (C=O) groups is 1. The minimum Gasteiger partial charge on any atom is -0.384 e. The molecule has 1 aromatic heterocycles. The summed E-state index contributed by atoms with van der Waals surface area (Å²) in [5.41, 5.74) is 3.88. The first-order chi connectivity index (χ1) is 6.30. The lowest BCUT2D eigenvalue weighted by Gasteiger charge is -2.13. The zero-order valence-corrected chi connectivity index (χ0v) is 9.15. The topological polar surface area (TPSA) is 85.4 Å². The predicted molar refractivity (Wildman–Crippen MR) is 52.6 cm³/mol. The summed E-state index contributed by atoms with van der Waals surface area (Å²) in [5.74, 6) is 0. The molecular formula is C7H9ClN2O3S. The summed E-state index contributed by atoms with van der Waals surface area (Å²) < 4.78 is 4.79. The molecule has 0 fully saturated rings. The molecule has 1 rings (SSSR count). The van der Waals surface area contributed by atoms with Crippen molar-refractivity contribution in [2.75, 3.05) is 0 Å². The van der Waals surface area contributed by atoms with Crippen LogP contribution in [-0.4, -0.2) is 16.2 Å². The maximum absolute atomic E-state index is 10.4. The molecule has 78 valence electrons. The van der Waals surface area contributed by atoms with E-state index in [2.05, 4.69) is 9.72 Å². The summed E-state index contributed by atoms with van der Waals surface area (Å²) in [7, 11) is 0. The minimum atomic E-state index is -1.17. The zero-order chi connectivity index (χ0) is 10.9. The Labute approximate surface area is 89.5 Å². The van der Waals surface area contributed by atoms with Gasteiger partial charge in [0, 0.05) is 0 Å². The second-order valence-electron chi connectivity index (χ2n) is 3.08. The third kappa shape index (κ3) is 2.57. The van der Waals surface area contributed by atoms with Gasteiger partial charge >= 0.3 is 6.09 Å². The number of amides is 1. The quantitative estimate of drug-likeness (QED) is 0.815. The number of hydrogen-bond acceptors (Lipinski definition) is 5. The fourth-order valence-corrected chi connectivity index (χ4v) is 2.07. The number of aromatic nitrogens is 1. The van der Waals surface area contributed by atoms with E-state index in [1.807, 2.05) is 0 Å². The first-order valence-electron chi connectivity index (χ1n) is 3.67. The van der Waals surface area contributed by atoms with Crippen molar-refractivity contribution in [3.8, 4) is 5.19 Å². The first kappa shape index (κ1) is 11.2. The van der Waals surface area contributed by atoms with Crippen molar-refractivity contribution in [1.82, 2.24) is 4.98 Å². The Kier molecular flexibility index (Phi) is 2.98. The summed E-state index contributed by atoms with van der Waals surface area (Å²) in [6.07, 6.45) is -0.960. The Morgan fingerprint density at radius 3 is 2.64 bits per heavy atom. The van der Waals surface area contributed by atoms with Gasteiger partial charge in [0.15, 0.2) is 0 Å². The van der Waals surface area contributed by atoms with Crippen LogP contribution in [0.2, 0.25) is 4.34 Å². The van der Waals surface area contributed by atoms with Gasteiger partial charge in [0.25, 0.3) is 5.19 Å². The molecule has 0 saturated heterocycles. The first-order valence-corrected chi connectivity index (χ1v) is 4.86. The number of thiazole rings is 1. The van der Waals surface area contributed by atoms with Crippen LogP contribution in [0.3, 0.4) is 0 Å². The second kappa shape index (κ2) is 3.72. The van der Waals surface area contributed by atoms with E-state index >= 15 is 0 Å². The molecular weight excluding hydrogens is 228 g/mol. The third-order valence-electron chi connectivity index (χ3n) is 1.33. The smallest absolute Gasteiger partial charge is 0.384 e. The van der Waals surface area contributed by atoms with Crippen molar-refractivity contribution < 1.29 is 14.6 Å². The molecule has 0 aliphatic carbocycles. The molecule has 0 atom stereocenters. The Morgan fingerprint density at radius 2 is 2.29 bits per heavy atom. The lowest BCUT2D eigenvalue weighted by atomic mass is 10.1. The molecule has 0 aliphatic heterocycles. The lowest BCUT2D eigenvalue weighted by molar-refractivity contribution is 0.0741. The summed E-state index contributed by atoms with van der Waals surface area (Å²) in [5, 5.41) is 9.63. The molecule has 0 radical (unpaired) electrons.